The number of carbonyl (C=O) groups is 2. The van der Waals surface area contributed by atoms with Crippen molar-refractivity contribution >= 4 is 48.0 Å². The van der Waals surface area contributed by atoms with Crippen LogP contribution in [0.3, 0.4) is 0 Å². The molecule has 30 heavy (non-hydrogen) atoms. The maximum Gasteiger partial charge on any atom is 0.252 e. The number of rotatable bonds is 7. The van der Waals surface area contributed by atoms with Crippen LogP contribution < -0.4 is 20.9 Å². The normalized spacial score (nSPS) is 18.5. The van der Waals surface area contributed by atoms with Crippen LogP contribution in [-0.2, 0) is 14.3 Å². The molecule has 2 fully saturated rings. The second-order valence-electron chi connectivity index (χ2n) is 7.82. The number of hydrogen-bond donors (Lipinski definition) is 3. The van der Waals surface area contributed by atoms with Gasteiger partial charge in [0.25, 0.3) is 5.91 Å². The van der Waals surface area contributed by atoms with E-state index in [1.807, 2.05) is 25.1 Å². The fraction of sp³-hybridized carbons (Fsp3) is 0.619. The fourth-order valence-electron chi connectivity index (χ4n) is 4.01. The molecule has 170 valence electrons. The van der Waals surface area contributed by atoms with Crippen molar-refractivity contribution in [1.29, 1.82) is 0 Å². The number of benzene rings is 1. The molecule has 2 aliphatic heterocycles. The number of ether oxygens (including phenoxy) is 1. The second kappa shape index (κ2) is 12.3. The number of halogens is 2. The Bertz CT molecular complexity index is 693. The zero-order valence-electron chi connectivity index (χ0n) is 17.7. The van der Waals surface area contributed by atoms with E-state index in [0.717, 1.165) is 37.6 Å². The number of nitrogens with zero attached hydrogens (tertiary/aromatic N) is 1. The Morgan fingerprint density at radius 2 is 1.87 bits per heavy atom. The standard InChI is InChI=1S/C21H32N4O3.2ClH/c1-16(23-20(27)21(28-2)8-10-22-11-9-21)14-19(26)24-17-6-5-7-18(15-17)25-12-3-4-13-25;;/h5-7,15-16,22H,3-4,8-14H2,1-2H3,(H,23,27)(H,24,26);2*1H. The van der Waals surface area contributed by atoms with E-state index in [1.54, 1.807) is 7.11 Å². The molecule has 2 aliphatic rings. The van der Waals surface area contributed by atoms with Gasteiger partial charge in [0.2, 0.25) is 5.91 Å². The van der Waals surface area contributed by atoms with Crippen LogP contribution in [0.2, 0.25) is 0 Å². The van der Waals surface area contributed by atoms with Gasteiger partial charge in [-0.1, -0.05) is 6.07 Å². The molecule has 0 saturated carbocycles. The van der Waals surface area contributed by atoms with Gasteiger partial charge < -0.3 is 25.6 Å². The predicted octanol–water partition coefficient (Wildman–Crippen LogP) is 2.73. The summed E-state index contributed by atoms with van der Waals surface area (Å²) in [6.45, 7) is 5.49. The Hall–Kier alpha value is -1.54. The minimum atomic E-state index is -0.792. The van der Waals surface area contributed by atoms with Crippen molar-refractivity contribution in [2.24, 2.45) is 0 Å². The number of anilines is 2. The topological polar surface area (TPSA) is 82.7 Å². The molecule has 2 heterocycles. The monoisotopic (exact) mass is 460 g/mol. The van der Waals surface area contributed by atoms with E-state index in [-0.39, 0.29) is 49.1 Å². The number of carbonyl (C=O) groups excluding carboxylic acids is 2. The van der Waals surface area contributed by atoms with Crippen molar-refractivity contribution in [2.75, 3.05) is 43.5 Å². The van der Waals surface area contributed by atoms with Crippen molar-refractivity contribution in [3.05, 3.63) is 24.3 Å². The summed E-state index contributed by atoms with van der Waals surface area (Å²) in [5.41, 5.74) is 1.14. The zero-order valence-corrected chi connectivity index (χ0v) is 19.4. The summed E-state index contributed by atoms with van der Waals surface area (Å²) in [6, 6.07) is 7.69. The predicted molar refractivity (Wildman–Crippen MR) is 125 cm³/mol. The van der Waals surface area contributed by atoms with Crippen LogP contribution in [0.1, 0.15) is 39.0 Å². The minimum absolute atomic E-state index is 0. The fourth-order valence-corrected chi connectivity index (χ4v) is 4.01. The number of amides is 2. The van der Waals surface area contributed by atoms with Crippen molar-refractivity contribution in [2.45, 2.75) is 50.7 Å². The number of methoxy groups -OCH3 is 1. The quantitative estimate of drug-likeness (QED) is 0.582. The number of nitrogens with one attached hydrogen (secondary N) is 3. The molecule has 1 unspecified atom stereocenters. The Balaban J connectivity index is 0.00000225. The lowest BCUT2D eigenvalue weighted by atomic mass is 9.90. The molecule has 7 nitrogen and oxygen atoms in total. The van der Waals surface area contributed by atoms with Gasteiger partial charge in [-0.05, 0) is 63.9 Å². The molecule has 9 heteroatoms. The van der Waals surface area contributed by atoms with Crippen molar-refractivity contribution in [3.8, 4) is 0 Å². The van der Waals surface area contributed by atoms with Gasteiger partial charge in [0.05, 0.1) is 0 Å². The lowest BCUT2D eigenvalue weighted by molar-refractivity contribution is -0.147. The Morgan fingerprint density at radius 1 is 1.20 bits per heavy atom. The van der Waals surface area contributed by atoms with Crippen LogP contribution in [0.5, 0.6) is 0 Å². The largest absolute Gasteiger partial charge is 0.371 e. The first-order chi connectivity index (χ1) is 13.5. The number of hydrogen-bond acceptors (Lipinski definition) is 5. The molecule has 2 amide bonds. The molecule has 2 saturated heterocycles. The molecular weight excluding hydrogens is 427 g/mol. The molecule has 1 aromatic carbocycles. The highest BCUT2D eigenvalue weighted by Gasteiger charge is 2.40. The van der Waals surface area contributed by atoms with E-state index in [9.17, 15) is 9.59 Å². The van der Waals surface area contributed by atoms with E-state index in [0.29, 0.717) is 12.8 Å². The van der Waals surface area contributed by atoms with Gasteiger partial charge in [0, 0.05) is 44.0 Å². The van der Waals surface area contributed by atoms with E-state index in [4.69, 9.17) is 4.74 Å². The third kappa shape index (κ3) is 6.74. The maximum atomic E-state index is 12.7. The van der Waals surface area contributed by atoms with Gasteiger partial charge in [-0.25, -0.2) is 0 Å². The van der Waals surface area contributed by atoms with Gasteiger partial charge in [-0.2, -0.15) is 0 Å². The van der Waals surface area contributed by atoms with Crippen LogP contribution in [-0.4, -0.2) is 56.7 Å². The average Bonchev–Trinajstić information content (AvgIpc) is 3.23. The van der Waals surface area contributed by atoms with Crippen molar-refractivity contribution in [3.63, 3.8) is 0 Å². The van der Waals surface area contributed by atoms with Crippen molar-refractivity contribution < 1.29 is 14.3 Å². The molecule has 0 spiro atoms. The van der Waals surface area contributed by atoms with Crippen LogP contribution in [0.25, 0.3) is 0 Å². The lowest BCUT2D eigenvalue weighted by Gasteiger charge is -2.35. The first-order valence-electron chi connectivity index (χ1n) is 10.2. The first kappa shape index (κ1) is 26.5. The molecule has 0 radical (unpaired) electrons. The summed E-state index contributed by atoms with van der Waals surface area (Å²) in [5, 5.41) is 9.15. The minimum Gasteiger partial charge on any atom is -0.371 e. The van der Waals surface area contributed by atoms with Crippen LogP contribution in [0.4, 0.5) is 11.4 Å². The summed E-state index contributed by atoms with van der Waals surface area (Å²) >= 11 is 0. The summed E-state index contributed by atoms with van der Waals surface area (Å²) in [6.07, 6.45) is 3.92. The summed E-state index contributed by atoms with van der Waals surface area (Å²) in [7, 11) is 1.58. The van der Waals surface area contributed by atoms with Crippen molar-refractivity contribution in [1.82, 2.24) is 10.6 Å². The zero-order chi connectivity index (χ0) is 20.0. The molecule has 0 bridgehead atoms. The van der Waals surface area contributed by atoms with Crippen LogP contribution >= 0.6 is 24.8 Å². The molecule has 1 aromatic rings. The van der Waals surface area contributed by atoms with Gasteiger partial charge in [0.1, 0.15) is 5.60 Å². The summed E-state index contributed by atoms with van der Waals surface area (Å²) in [5.74, 6) is -0.240. The van der Waals surface area contributed by atoms with E-state index in [1.165, 1.54) is 12.8 Å². The lowest BCUT2D eigenvalue weighted by Crippen LogP contribution is -2.56. The highest BCUT2D eigenvalue weighted by Crippen LogP contribution is 2.24. The van der Waals surface area contributed by atoms with Crippen LogP contribution in [0, 0.1) is 0 Å². The Kier molecular flexibility index (Phi) is 10.9. The first-order valence-corrected chi connectivity index (χ1v) is 10.2. The molecule has 0 aromatic heterocycles. The molecular formula is C21H34Cl2N4O3. The second-order valence-corrected chi connectivity index (χ2v) is 7.82. The third-order valence-electron chi connectivity index (χ3n) is 5.69. The van der Waals surface area contributed by atoms with E-state index >= 15 is 0 Å². The van der Waals surface area contributed by atoms with Gasteiger partial charge in [-0.15, -0.1) is 24.8 Å². The highest BCUT2D eigenvalue weighted by atomic mass is 35.5. The Labute approximate surface area is 191 Å². The molecule has 1 atom stereocenters. The molecule has 3 rings (SSSR count). The van der Waals surface area contributed by atoms with E-state index in [2.05, 4.69) is 26.9 Å². The highest BCUT2D eigenvalue weighted by molar-refractivity contribution is 5.92. The van der Waals surface area contributed by atoms with Gasteiger partial charge >= 0.3 is 0 Å². The molecule has 0 aliphatic carbocycles. The average molecular weight is 461 g/mol. The maximum absolute atomic E-state index is 12.7. The van der Waals surface area contributed by atoms with Crippen LogP contribution in [0.15, 0.2) is 24.3 Å². The summed E-state index contributed by atoms with van der Waals surface area (Å²) < 4.78 is 5.55. The SMILES string of the molecule is COC1(C(=O)NC(C)CC(=O)Nc2cccc(N3CCCC3)c2)CCNCC1.Cl.Cl. The van der Waals surface area contributed by atoms with Gasteiger partial charge in [0.15, 0.2) is 0 Å². The number of piperidine rings is 1. The third-order valence-corrected chi connectivity index (χ3v) is 5.69. The van der Waals surface area contributed by atoms with Gasteiger partial charge in [-0.3, -0.25) is 9.59 Å². The Morgan fingerprint density at radius 3 is 2.50 bits per heavy atom. The molecule has 3 N–H and O–H groups in total. The summed E-state index contributed by atoms with van der Waals surface area (Å²) in [4.78, 5) is 27.5. The van der Waals surface area contributed by atoms with E-state index < -0.39 is 5.60 Å². The smallest absolute Gasteiger partial charge is 0.252 e.